The van der Waals surface area contributed by atoms with Crippen LogP contribution in [0.25, 0.3) is 0 Å². The molecule has 1 heterocycles. The van der Waals surface area contributed by atoms with Gasteiger partial charge in [-0.15, -0.1) is 0 Å². The number of anilines is 1. The van der Waals surface area contributed by atoms with E-state index in [4.69, 9.17) is 0 Å². The summed E-state index contributed by atoms with van der Waals surface area (Å²) in [6.07, 6.45) is -0.00569. The highest BCUT2D eigenvalue weighted by Gasteiger charge is 2.15. The molecule has 88 valence electrons. The Morgan fingerprint density at radius 3 is 2.94 bits per heavy atom. The van der Waals surface area contributed by atoms with Gasteiger partial charge in [-0.3, -0.25) is 0 Å². The van der Waals surface area contributed by atoms with Crippen molar-refractivity contribution in [3.05, 3.63) is 23.8 Å². The van der Waals surface area contributed by atoms with E-state index in [2.05, 4.69) is 10.6 Å². The molecule has 1 aliphatic heterocycles. The lowest BCUT2D eigenvalue weighted by Gasteiger charge is -2.15. The topological polar surface area (TPSA) is 44.3 Å². The first-order valence-corrected chi connectivity index (χ1v) is 5.61. The minimum absolute atomic E-state index is 0.119. The predicted octanol–water partition coefficient (Wildman–Crippen LogP) is 2.20. The molecule has 2 rings (SSSR count). The third-order valence-electron chi connectivity index (χ3n) is 2.90. The maximum Gasteiger partial charge on any atom is 0.139 e. The van der Waals surface area contributed by atoms with Crippen LogP contribution in [0.3, 0.4) is 0 Å². The maximum absolute atomic E-state index is 13.0. The lowest BCUT2D eigenvalue weighted by Crippen LogP contribution is -2.22. The first kappa shape index (κ1) is 11.2. The molecule has 0 aliphatic carbocycles. The van der Waals surface area contributed by atoms with E-state index in [0.29, 0.717) is 17.3 Å². The number of alkyl halides is 1. The van der Waals surface area contributed by atoms with Crippen molar-refractivity contribution in [3.63, 3.8) is 0 Å². The molecule has 1 aromatic rings. The molecule has 0 radical (unpaired) electrons. The molecule has 3 nitrogen and oxygen atoms in total. The Labute approximate surface area is 94.7 Å². The molecular weight excluding hydrogens is 207 g/mol. The fraction of sp³-hybridized carbons (Fsp3) is 0.500. The average molecular weight is 224 g/mol. The van der Waals surface area contributed by atoms with Crippen LogP contribution in [0, 0.1) is 0 Å². The Bertz CT molecular complexity index is 362. The van der Waals surface area contributed by atoms with Gasteiger partial charge < -0.3 is 15.7 Å². The van der Waals surface area contributed by atoms with Crippen LogP contribution in [-0.4, -0.2) is 24.2 Å². The van der Waals surface area contributed by atoms with E-state index in [-0.39, 0.29) is 5.75 Å². The largest absolute Gasteiger partial charge is 0.506 e. The van der Waals surface area contributed by atoms with Gasteiger partial charge in [0.25, 0.3) is 0 Å². The van der Waals surface area contributed by atoms with E-state index in [9.17, 15) is 9.50 Å². The predicted molar refractivity (Wildman–Crippen MR) is 62.5 cm³/mol. The number of hydrogen-bond acceptors (Lipinski definition) is 3. The molecule has 0 aromatic heterocycles. The van der Waals surface area contributed by atoms with E-state index >= 15 is 0 Å². The summed E-state index contributed by atoms with van der Waals surface area (Å²) in [5.74, 6) is 0.119. The summed E-state index contributed by atoms with van der Waals surface area (Å²) in [5.41, 5.74) is 1.19. The van der Waals surface area contributed by atoms with E-state index in [1.807, 2.05) is 0 Å². The number of aromatic hydroxyl groups is 1. The molecule has 1 aromatic carbocycles. The van der Waals surface area contributed by atoms with E-state index in [1.165, 1.54) is 13.0 Å². The smallest absolute Gasteiger partial charge is 0.139 e. The second kappa shape index (κ2) is 4.70. The highest BCUT2D eigenvalue weighted by atomic mass is 19.1. The first-order valence-electron chi connectivity index (χ1n) is 5.61. The van der Waals surface area contributed by atoms with Crippen LogP contribution in [-0.2, 0) is 0 Å². The molecule has 16 heavy (non-hydrogen) atoms. The van der Waals surface area contributed by atoms with Crippen molar-refractivity contribution in [2.24, 2.45) is 0 Å². The number of halogens is 1. The van der Waals surface area contributed by atoms with Crippen LogP contribution in [0.1, 0.15) is 25.1 Å². The number of phenols is 1. The minimum Gasteiger partial charge on any atom is -0.506 e. The lowest BCUT2D eigenvalue weighted by molar-refractivity contribution is 0.372. The Morgan fingerprint density at radius 2 is 2.38 bits per heavy atom. The van der Waals surface area contributed by atoms with Crippen molar-refractivity contribution in [2.75, 3.05) is 18.4 Å². The lowest BCUT2D eigenvalue weighted by atomic mass is 10.1. The number of phenolic OH excluding ortho intramolecular Hbond substituents is 1. The van der Waals surface area contributed by atoms with Gasteiger partial charge in [0.05, 0.1) is 5.69 Å². The number of hydrogen-bond donors (Lipinski definition) is 3. The van der Waals surface area contributed by atoms with Gasteiger partial charge in [-0.25, -0.2) is 4.39 Å². The third-order valence-corrected chi connectivity index (χ3v) is 2.90. The Morgan fingerprint density at radius 1 is 1.56 bits per heavy atom. The zero-order valence-electron chi connectivity index (χ0n) is 9.33. The summed E-state index contributed by atoms with van der Waals surface area (Å²) in [4.78, 5) is 0. The van der Waals surface area contributed by atoms with Crippen LogP contribution in [0.15, 0.2) is 18.2 Å². The van der Waals surface area contributed by atoms with Gasteiger partial charge >= 0.3 is 0 Å². The molecule has 1 fully saturated rings. The van der Waals surface area contributed by atoms with Gasteiger partial charge in [-0.05, 0) is 37.6 Å². The molecular formula is C12H17FN2O. The molecule has 3 N–H and O–H groups in total. The number of rotatable bonds is 3. The van der Waals surface area contributed by atoms with E-state index in [0.717, 1.165) is 19.5 Å². The van der Waals surface area contributed by atoms with E-state index in [1.54, 1.807) is 12.1 Å². The highest BCUT2D eigenvalue weighted by molar-refractivity contribution is 5.57. The van der Waals surface area contributed by atoms with Crippen LogP contribution in [0.2, 0.25) is 0 Å². The zero-order chi connectivity index (χ0) is 11.5. The van der Waals surface area contributed by atoms with Gasteiger partial charge in [0.1, 0.15) is 11.9 Å². The fourth-order valence-electron chi connectivity index (χ4n) is 1.92. The molecule has 0 bridgehead atoms. The summed E-state index contributed by atoms with van der Waals surface area (Å²) in [6.45, 7) is 3.36. The molecule has 1 saturated heterocycles. The van der Waals surface area contributed by atoms with Crippen molar-refractivity contribution in [1.82, 2.24) is 5.32 Å². The summed E-state index contributed by atoms with van der Waals surface area (Å²) in [6, 6.07) is 5.27. The second-order valence-corrected chi connectivity index (χ2v) is 4.23. The van der Waals surface area contributed by atoms with Crippen LogP contribution in [0.4, 0.5) is 10.1 Å². The first-order chi connectivity index (χ1) is 7.66. The third kappa shape index (κ3) is 2.44. The number of nitrogens with one attached hydrogen (secondary N) is 2. The maximum atomic E-state index is 13.0. The van der Waals surface area contributed by atoms with Gasteiger partial charge in [-0.2, -0.15) is 0 Å². The molecule has 1 aliphatic rings. The summed E-state index contributed by atoms with van der Waals surface area (Å²) in [5, 5.41) is 16.2. The zero-order valence-corrected chi connectivity index (χ0v) is 9.33. The second-order valence-electron chi connectivity index (χ2n) is 4.23. The monoisotopic (exact) mass is 224 g/mol. The van der Waals surface area contributed by atoms with Crippen molar-refractivity contribution in [1.29, 1.82) is 0 Å². The molecule has 2 unspecified atom stereocenters. The molecule has 4 heteroatoms. The van der Waals surface area contributed by atoms with Gasteiger partial charge in [-0.1, -0.05) is 6.07 Å². The van der Waals surface area contributed by atoms with Crippen molar-refractivity contribution < 1.29 is 9.50 Å². The Kier molecular flexibility index (Phi) is 3.29. The highest BCUT2D eigenvalue weighted by Crippen LogP contribution is 2.29. The number of benzene rings is 1. The van der Waals surface area contributed by atoms with Crippen molar-refractivity contribution >= 4 is 5.69 Å². The normalized spacial score (nSPS) is 22.0. The average Bonchev–Trinajstić information content (AvgIpc) is 2.73. The van der Waals surface area contributed by atoms with Gasteiger partial charge in [0.2, 0.25) is 0 Å². The van der Waals surface area contributed by atoms with Crippen LogP contribution in [0.5, 0.6) is 5.75 Å². The Balaban J connectivity index is 2.09. The SMILES string of the molecule is CC(F)c1ccc(NC2CCNC2)c(O)c1. The molecule has 0 saturated carbocycles. The standard InChI is InChI=1S/C12H17FN2O/c1-8(13)9-2-3-11(12(16)6-9)15-10-4-5-14-7-10/h2-3,6,8,10,14-16H,4-5,7H2,1H3. The van der Waals surface area contributed by atoms with Gasteiger partial charge in [0, 0.05) is 12.6 Å². The molecule has 2 atom stereocenters. The molecule has 0 amide bonds. The van der Waals surface area contributed by atoms with Crippen LogP contribution >= 0.6 is 0 Å². The van der Waals surface area contributed by atoms with E-state index < -0.39 is 6.17 Å². The minimum atomic E-state index is -1.05. The molecule has 0 spiro atoms. The summed E-state index contributed by atoms with van der Waals surface area (Å²) in [7, 11) is 0. The van der Waals surface area contributed by atoms with Crippen LogP contribution < -0.4 is 10.6 Å². The van der Waals surface area contributed by atoms with Gasteiger partial charge in [0.15, 0.2) is 0 Å². The Hall–Kier alpha value is -1.29. The van der Waals surface area contributed by atoms with Crippen molar-refractivity contribution in [2.45, 2.75) is 25.6 Å². The summed E-state index contributed by atoms with van der Waals surface area (Å²) >= 11 is 0. The summed E-state index contributed by atoms with van der Waals surface area (Å²) < 4.78 is 13.0. The van der Waals surface area contributed by atoms with Crippen molar-refractivity contribution in [3.8, 4) is 5.75 Å². The fourth-order valence-corrected chi connectivity index (χ4v) is 1.92. The quantitative estimate of drug-likeness (QED) is 0.690.